The molecular formula is C18H26N4O7S. The maximum Gasteiger partial charge on any atom is 0.325 e. The highest BCUT2D eigenvalue weighted by Gasteiger charge is 2.28. The van der Waals surface area contributed by atoms with Crippen LogP contribution in [0.25, 0.3) is 0 Å². The molecule has 0 heterocycles. The van der Waals surface area contributed by atoms with Crippen LogP contribution in [0, 0.1) is 0 Å². The quantitative estimate of drug-likeness (QED) is 0.176. The zero-order valence-electron chi connectivity index (χ0n) is 16.2. The van der Waals surface area contributed by atoms with Gasteiger partial charge in [0.15, 0.2) is 0 Å². The number of carbonyl (C=O) groups excluding carboxylic acids is 3. The van der Waals surface area contributed by atoms with Crippen molar-refractivity contribution < 1.29 is 34.5 Å². The smallest absolute Gasteiger partial charge is 0.325 e. The van der Waals surface area contributed by atoms with Crippen molar-refractivity contribution in [1.82, 2.24) is 16.0 Å². The third-order valence-corrected chi connectivity index (χ3v) is 4.45. The number of hydrogen-bond donors (Lipinski definition) is 8. The number of carboxylic acids is 1. The molecule has 0 saturated heterocycles. The molecule has 0 aromatic heterocycles. The number of phenolic OH excluding ortho intramolecular Hbond substituents is 1. The van der Waals surface area contributed by atoms with E-state index in [0.29, 0.717) is 5.56 Å². The summed E-state index contributed by atoms with van der Waals surface area (Å²) in [7, 11) is 0. The Morgan fingerprint density at radius 2 is 1.53 bits per heavy atom. The molecule has 0 spiro atoms. The molecule has 0 aliphatic heterocycles. The number of aliphatic hydroxyl groups is 1. The largest absolute Gasteiger partial charge is 0.508 e. The minimum atomic E-state index is -1.38. The molecule has 1 aromatic carbocycles. The highest BCUT2D eigenvalue weighted by molar-refractivity contribution is 7.80. The van der Waals surface area contributed by atoms with Crippen LogP contribution in [0.15, 0.2) is 24.3 Å². The van der Waals surface area contributed by atoms with Crippen LogP contribution in [0.3, 0.4) is 0 Å². The van der Waals surface area contributed by atoms with Crippen molar-refractivity contribution in [2.24, 2.45) is 5.73 Å². The predicted octanol–water partition coefficient (Wildman–Crippen LogP) is -2.26. The Bertz CT molecular complexity index is 759. The third-order valence-electron chi connectivity index (χ3n) is 4.09. The van der Waals surface area contributed by atoms with E-state index >= 15 is 0 Å². The molecule has 12 heteroatoms. The van der Waals surface area contributed by atoms with Crippen LogP contribution in [0.2, 0.25) is 0 Å². The predicted molar refractivity (Wildman–Crippen MR) is 110 cm³/mol. The normalized spacial score (nSPS) is 14.7. The van der Waals surface area contributed by atoms with Crippen molar-refractivity contribution in [3.05, 3.63) is 29.8 Å². The van der Waals surface area contributed by atoms with Crippen LogP contribution >= 0.6 is 12.6 Å². The fourth-order valence-electron chi connectivity index (χ4n) is 2.29. The second-order valence-corrected chi connectivity index (χ2v) is 6.90. The molecule has 0 bridgehead atoms. The fourth-order valence-corrected chi connectivity index (χ4v) is 2.55. The maximum absolute atomic E-state index is 12.3. The molecule has 166 valence electrons. The summed E-state index contributed by atoms with van der Waals surface area (Å²) in [6, 6.07) is 1.30. The van der Waals surface area contributed by atoms with Crippen LogP contribution in [0.1, 0.15) is 12.5 Å². The number of aromatic hydroxyl groups is 1. The van der Waals surface area contributed by atoms with Crippen molar-refractivity contribution in [2.75, 3.05) is 12.4 Å². The zero-order valence-corrected chi connectivity index (χ0v) is 17.1. The van der Waals surface area contributed by atoms with Crippen LogP contribution in [0.4, 0.5) is 0 Å². The minimum Gasteiger partial charge on any atom is -0.508 e. The molecule has 0 aliphatic carbocycles. The van der Waals surface area contributed by atoms with Gasteiger partial charge < -0.3 is 37.0 Å². The van der Waals surface area contributed by atoms with Gasteiger partial charge in [0.2, 0.25) is 17.7 Å². The number of aliphatic carboxylic acids is 1. The van der Waals surface area contributed by atoms with Gasteiger partial charge in [0, 0.05) is 5.75 Å². The van der Waals surface area contributed by atoms with E-state index < -0.39 is 54.5 Å². The summed E-state index contributed by atoms with van der Waals surface area (Å²) in [4.78, 5) is 47.5. The van der Waals surface area contributed by atoms with Crippen molar-refractivity contribution in [3.63, 3.8) is 0 Å². The van der Waals surface area contributed by atoms with Gasteiger partial charge >= 0.3 is 5.97 Å². The van der Waals surface area contributed by atoms with E-state index in [0.717, 1.165) is 0 Å². The Hall–Kier alpha value is -2.83. The molecule has 0 fully saturated rings. The van der Waals surface area contributed by atoms with E-state index in [1.165, 1.54) is 19.1 Å². The lowest BCUT2D eigenvalue weighted by atomic mass is 10.1. The van der Waals surface area contributed by atoms with Gasteiger partial charge in [-0.15, -0.1) is 0 Å². The summed E-state index contributed by atoms with van der Waals surface area (Å²) in [5, 5.41) is 34.3. The Labute approximate surface area is 178 Å². The fraction of sp³-hybridized carbons (Fsp3) is 0.444. The molecule has 1 aromatic rings. The highest BCUT2D eigenvalue weighted by atomic mass is 32.1. The second-order valence-electron chi connectivity index (χ2n) is 6.53. The van der Waals surface area contributed by atoms with Crippen molar-refractivity contribution in [2.45, 2.75) is 37.5 Å². The number of rotatable bonds is 11. The summed E-state index contributed by atoms with van der Waals surface area (Å²) in [6.45, 7) is 0.500. The molecule has 30 heavy (non-hydrogen) atoms. The Morgan fingerprint density at radius 1 is 1.00 bits per heavy atom. The molecule has 0 aliphatic rings. The van der Waals surface area contributed by atoms with Gasteiger partial charge in [-0.3, -0.25) is 19.2 Å². The highest BCUT2D eigenvalue weighted by Crippen LogP contribution is 2.11. The van der Waals surface area contributed by atoms with Crippen molar-refractivity contribution in [1.29, 1.82) is 0 Å². The van der Waals surface area contributed by atoms with Gasteiger partial charge in [0.05, 0.1) is 12.6 Å². The average molecular weight is 442 g/mol. The van der Waals surface area contributed by atoms with Gasteiger partial charge in [-0.25, -0.2) is 0 Å². The zero-order chi connectivity index (χ0) is 22.8. The molecule has 1 rings (SSSR count). The standard InChI is InChI=1S/C18H26N4O7S/c1-9(18(28)29)20-17(27)14(8-30)22-16(26)13(7-23)21-15(25)12(19)6-10-2-4-11(24)5-3-10/h2-5,9,12-14,23-24,30H,6-8,19H2,1H3,(H,20,27)(H,21,25)(H,22,26)(H,28,29). The van der Waals surface area contributed by atoms with Gasteiger partial charge in [0.1, 0.15) is 23.9 Å². The van der Waals surface area contributed by atoms with E-state index in [1.807, 2.05) is 0 Å². The first-order valence-corrected chi connectivity index (χ1v) is 9.61. The molecule has 0 saturated carbocycles. The maximum atomic E-state index is 12.3. The number of benzene rings is 1. The molecule has 4 unspecified atom stereocenters. The van der Waals surface area contributed by atoms with Crippen LogP contribution in [-0.2, 0) is 25.6 Å². The van der Waals surface area contributed by atoms with Crippen LogP contribution in [0.5, 0.6) is 5.75 Å². The van der Waals surface area contributed by atoms with Gasteiger partial charge in [0.25, 0.3) is 0 Å². The van der Waals surface area contributed by atoms with Gasteiger partial charge in [-0.05, 0) is 31.0 Å². The number of nitrogens with two attached hydrogens (primary N) is 1. The first-order valence-electron chi connectivity index (χ1n) is 8.98. The molecular weight excluding hydrogens is 416 g/mol. The Morgan fingerprint density at radius 3 is 2.03 bits per heavy atom. The van der Waals surface area contributed by atoms with Gasteiger partial charge in [-0.2, -0.15) is 12.6 Å². The molecule has 11 nitrogen and oxygen atoms in total. The summed E-state index contributed by atoms with van der Waals surface area (Å²) in [5.74, 6) is -3.68. The summed E-state index contributed by atoms with van der Waals surface area (Å²) < 4.78 is 0. The third kappa shape index (κ3) is 7.89. The Kier molecular flexibility index (Phi) is 10.1. The summed E-state index contributed by atoms with van der Waals surface area (Å²) >= 11 is 3.96. The van der Waals surface area contributed by atoms with E-state index in [1.54, 1.807) is 12.1 Å². The number of aliphatic hydroxyl groups excluding tert-OH is 1. The number of hydrogen-bond acceptors (Lipinski definition) is 8. The number of phenols is 1. The van der Waals surface area contributed by atoms with E-state index in [2.05, 4.69) is 28.6 Å². The number of thiol groups is 1. The summed E-state index contributed by atoms with van der Waals surface area (Å²) in [5.41, 5.74) is 6.51. The van der Waals surface area contributed by atoms with Crippen molar-refractivity contribution >= 4 is 36.3 Å². The first-order chi connectivity index (χ1) is 14.1. The molecule has 4 atom stereocenters. The minimum absolute atomic E-state index is 0.0642. The lowest BCUT2D eigenvalue weighted by Crippen LogP contribution is -2.58. The van der Waals surface area contributed by atoms with E-state index in [-0.39, 0.29) is 17.9 Å². The van der Waals surface area contributed by atoms with Crippen molar-refractivity contribution in [3.8, 4) is 5.75 Å². The van der Waals surface area contributed by atoms with Crippen LogP contribution < -0.4 is 21.7 Å². The molecule has 0 radical (unpaired) electrons. The lowest BCUT2D eigenvalue weighted by Gasteiger charge is -2.23. The summed E-state index contributed by atoms with van der Waals surface area (Å²) in [6.07, 6.45) is 0.126. The monoisotopic (exact) mass is 442 g/mol. The molecule has 3 amide bonds. The number of nitrogens with one attached hydrogen (secondary N) is 3. The Balaban J connectivity index is 2.67. The topological polar surface area (TPSA) is 191 Å². The van der Waals surface area contributed by atoms with E-state index in [9.17, 15) is 29.4 Å². The van der Waals surface area contributed by atoms with Gasteiger partial charge in [-0.1, -0.05) is 12.1 Å². The average Bonchev–Trinajstić information content (AvgIpc) is 2.70. The first kappa shape index (κ1) is 25.2. The number of carboxylic acid groups (broad SMARTS) is 1. The number of amides is 3. The van der Waals surface area contributed by atoms with E-state index in [4.69, 9.17) is 10.8 Å². The second kappa shape index (κ2) is 12.0. The lowest BCUT2D eigenvalue weighted by molar-refractivity contribution is -0.141. The van der Waals surface area contributed by atoms with Crippen LogP contribution in [-0.4, -0.2) is 75.5 Å². The SMILES string of the molecule is CC(NC(=O)C(CS)NC(=O)C(CO)NC(=O)C(N)Cc1ccc(O)cc1)C(=O)O. The number of carbonyl (C=O) groups is 4. The molecule has 8 N–H and O–H groups in total.